The monoisotopic (exact) mass is 686 g/mol. The van der Waals surface area contributed by atoms with Crippen molar-refractivity contribution in [1.82, 2.24) is 0 Å². The lowest BCUT2D eigenvalue weighted by molar-refractivity contribution is -0.342. The van der Waals surface area contributed by atoms with Crippen LogP contribution in [0.3, 0.4) is 0 Å². The van der Waals surface area contributed by atoms with Crippen molar-refractivity contribution >= 4 is 41.9 Å². The topological polar surface area (TPSA) is 185 Å². The minimum atomic E-state index is -1.57. The Hall–Kier alpha value is -5.02. The molecule has 2 heterocycles. The molecule has 15 nitrogen and oxygen atoms in total. The van der Waals surface area contributed by atoms with Crippen LogP contribution in [0.15, 0.2) is 60.4 Å². The van der Waals surface area contributed by atoms with Crippen LogP contribution >= 0.6 is 0 Å². The molecule has 0 bridgehead atoms. The Morgan fingerprint density at radius 1 is 0.735 bits per heavy atom. The number of hydrogen-bond acceptors (Lipinski definition) is 15. The van der Waals surface area contributed by atoms with Crippen LogP contribution < -0.4 is 0 Å². The zero-order chi connectivity index (χ0) is 35.7. The molecule has 0 N–H and O–H groups in total. The summed E-state index contributed by atoms with van der Waals surface area (Å²) < 4.78 is 50.9. The first-order valence-corrected chi connectivity index (χ1v) is 15.4. The van der Waals surface area contributed by atoms with Crippen molar-refractivity contribution in [2.45, 2.75) is 77.7 Å². The van der Waals surface area contributed by atoms with E-state index < -0.39 is 97.4 Å². The number of hydrogen-bond donors (Lipinski definition) is 0. The van der Waals surface area contributed by atoms with Crippen LogP contribution in [0.4, 0.5) is 0 Å². The van der Waals surface area contributed by atoms with Crippen molar-refractivity contribution in [3.8, 4) is 0 Å². The van der Waals surface area contributed by atoms with Gasteiger partial charge in [0.05, 0.1) is 12.2 Å². The smallest absolute Gasteiger partial charge is 0.330 e. The maximum atomic E-state index is 12.7. The van der Waals surface area contributed by atoms with E-state index >= 15 is 0 Å². The number of carbonyl (C=O) groups is 6. The Bertz CT molecular complexity index is 1480. The van der Waals surface area contributed by atoms with Gasteiger partial charge in [-0.2, -0.15) is 0 Å². The highest BCUT2D eigenvalue weighted by Gasteiger charge is 2.55. The van der Waals surface area contributed by atoms with Gasteiger partial charge in [0.2, 0.25) is 12.6 Å². The Labute approximate surface area is 282 Å². The summed E-state index contributed by atoms with van der Waals surface area (Å²) in [7, 11) is 0. The quantitative estimate of drug-likeness (QED) is 0.135. The molecule has 0 amide bonds. The third-order valence-corrected chi connectivity index (χ3v) is 7.52. The molecule has 0 radical (unpaired) electrons. The number of fused-ring (bicyclic) bond motifs is 1. The van der Waals surface area contributed by atoms with Gasteiger partial charge in [-0.3, -0.25) is 24.0 Å². The van der Waals surface area contributed by atoms with E-state index in [9.17, 15) is 28.8 Å². The van der Waals surface area contributed by atoms with E-state index in [1.807, 2.05) is 6.07 Å². The molecule has 0 aromatic heterocycles. The molecule has 9 atom stereocenters. The van der Waals surface area contributed by atoms with Crippen LogP contribution in [0.5, 0.6) is 0 Å². The zero-order valence-electron chi connectivity index (χ0n) is 27.5. The van der Waals surface area contributed by atoms with Crippen LogP contribution in [0, 0.1) is 11.8 Å². The van der Waals surface area contributed by atoms with Crippen molar-refractivity contribution < 1.29 is 71.4 Å². The molecule has 2 aliphatic heterocycles. The first-order chi connectivity index (χ1) is 23.3. The van der Waals surface area contributed by atoms with Gasteiger partial charge in [0, 0.05) is 46.6 Å². The number of carbonyl (C=O) groups excluding carboxylic acids is 6. The molecule has 1 aromatic rings. The first-order valence-electron chi connectivity index (χ1n) is 15.4. The molecular formula is C34H38O15. The molecule has 1 aliphatic carbocycles. The molecular weight excluding hydrogens is 648 g/mol. The molecule has 3 aliphatic rings. The number of benzene rings is 1. The van der Waals surface area contributed by atoms with Gasteiger partial charge in [-0.25, -0.2) is 4.79 Å². The van der Waals surface area contributed by atoms with Crippen LogP contribution in [0.2, 0.25) is 0 Å². The van der Waals surface area contributed by atoms with Gasteiger partial charge < -0.3 is 42.6 Å². The highest BCUT2D eigenvalue weighted by molar-refractivity contribution is 5.87. The third-order valence-electron chi connectivity index (χ3n) is 7.52. The van der Waals surface area contributed by atoms with E-state index in [-0.39, 0.29) is 6.61 Å². The van der Waals surface area contributed by atoms with E-state index in [0.717, 1.165) is 26.3 Å². The first kappa shape index (κ1) is 36.8. The molecule has 4 rings (SSSR count). The van der Waals surface area contributed by atoms with Crippen molar-refractivity contribution in [2.75, 3.05) is 13.2 Å². The van der Waals surface area contributed by atoms with Gasteiger partial charge in [-0.05, 0) is 29.4 Å². The Balaban J connectivity index is 1.64. The summed E-state index contributed by atoms with van der Waals surface area (Å²) in [4.78, 5) is 73.0. The second-order valence-corrected chi connectivity index (χ2v) is 11.3. The van der Waals surface area contributed by atoms with Gasteiger partial charge in [0.25, 0.3) is 0 Å². The number of ether oxygens (including phenoxy) is 9. The average Bonchev–Trinajstić information content (AvgIpc) is 3.38. The standard InChI is InChI=1S/C34H38O15/c1-18(35)42-16-24-15-26(44-19(2)36)25-13-14-41-33(29(24)25)49-34-32(47-22(5)39)31(46-21(4)38)30(45-20(3)37)27(48-34)17-43-28(40)12-11-23-9-7-6-8-10-23/h6-15,25-27,29-34H,16-17H2,1-5H3/b12-11+/t25?,26?,27-,29?,30-,31+,32-,33?,34-/m0/s1. The van der Waals surface area contributed by atoms with Crippen LogP contribution in [0.1, 0.15) is 40.2 Å². The number of esters is 6. The Morgan fingerprint density at radius 2 is 1.37 bits per heavy atom. The van der Waals surface area contributed by atoms with Crippen molar-refractivity contribution in [3.63, 3.8) is 0 Å². The summed E-state index contributed by atoms with van der Waals surface area (Å²) in [6.07, 6.45) is -1.93. The summed E-state index contributed by atoms with van der Waals surface area (Å²) in [5, 5.41) is 0. The van der Waals surface area contributed by atoms with Crippen LogP contribution in [-0.4, -0.2) is 92.1 Å². The molecule has 49 heavy (non-hydrogen) atoms. The van der Waals surface area contributed by atoms with E-state index in [2.05, 4.69) is 0 Å². The normalized spacial score (nSPS) is 28.7. The van der Waals surface area contributed by atoms with Crippen molar-refractivity contribution in [1.29, 1.82) is 0 Å². The molecule has 15 heteroatoms. The molecule has 0 saturated carbocycles. The molecule has 1 saturated heterocycles. The molecule has 1 aromatic carbocycles. The summed E-state index contributed by atoms with van der Waals surface area (Å²) in [6.45, 7) is 5.12. The average molecular weight is 687 g/mol. The zero-order valence-corrected chi connectivity index (χ0v) is 27.5. The highest BCUT2D eigenvalue weighted by Crippen LogP contribution is 2.43. The summed E-state index contributed by atoms with van der Waals surface area (Å²) in [5.74, 6) is -5.50. The summed E-state index contributed by atoms with van der Waals surface area (Å²) in [6, 6.07) is 8.98. The number of rotatable bonds is 12. The van der Waals surface area contributed by atoms with E-state index in [0.29, 0.717) is 5.57 Å². The summed E-state index contributed by atoms with van der Waals surface area (Å²) in [5.41, 5.74) is 1.24. The lowest BCUT2D eigenvalue weighted by Gasteiger charge is -2.45. The van der Waals surface area contributed by atoms with Gasteiger partial charge in [0.15, 0.2) is 18.3 Å². The molecule has 4 unspecified atom stereocenters. The molecule has 0 spiro atoms. The van der Waals surface area contributed by atoms with Crippen molar-refractivity contribution in [2.24, 2.45) is 11.8 Å². The Morgan fingerprint density at radius 3 is 2.00 bits per heavy atom. The van der Waals surface area contributed by atoms with Crippen molar-refractivity contribution in [3.05, 3.63) is 66.0 Å². The third kappa shape index (κ3) is 10.2. The fraction of sp³-hybridized carbons (Fsp3) is 0.471. The largest absolute Gasteiger partial charge is 0.472 e. The summed E-state index contributed by atoms with van der Waals surface area (Å²) >= 11 is 0. The second kappa shape index (κ2) is 16.9. The SMILES string of the molecule is CC(=O)OCC1=CC(OC(C)=O)C2C=COC(O[C@@H]3O[C@@H](COC(=O)/C=C/c4ccccc4)[C@H](OC(C)=O)[C@@H](OC(C)=O)[C@@H]3OC(C)=O)C12. The maximum Gasteiger partial charge on any atom is 0.330 e. The van der Waals surface area contributed by atoms with E-state index in [4.69, 9.17) is 42.6 Å². The van der Waals surface area contributed by atoms with Crippen LogP contribution in [0.25, 0.3) is 6.08 Å². The van der Waals surface area contributed by atoms with Crippen LogP contribution in [-0.2, 0) is 71.4 Å². The fourth-order valence-electron chi connectivity index (χ4n) is 5.69. The highest BCUT2D eigenvalue weighted by atomic mass is 16.8. The lowest BCUT2D eigenvalue weighted by atomic mass is 9.88. The minimum absolute atomic E-state index is 0.177. The van der Waals surface area contributed by atoms with E-state index in [1.165, 1.54) is 32.3 Å². The minimum Gasteiger partial charge on any atom is -0.472 e. The maximum absolute atomic E-state index is 12.7. The van der Waals surface area contributed by atoms with Gasteiger partial charge in [-0.15, -0.1) is 0 Å². The van der Waals surface area contributed by atoms with Gasteiger partial charge >= 0.3 is 35.8 Å². The molecule has 1 fully saturated rings. The molecule has 264 valence electrons. The van der Waals surface area contributed by atoms with E-state index in [1.54, 1.807) is 36.4 Å². The second-order valence-electron chi connectivity index (χ2n) is 11.3. The predicted octanol–water partition coefficient (Wildman–Crippen LogP) is 2.32. The lowest BCUT2D eigenvalue weighted by Crippen LogP contribution is -2.63. The fourth-order valence-corrected chi connectivity index (χ4v) is 5.69. The van der Waals surface area contributed by atoms with Gasteiger partial charge in [0.1, 0.15) is 25.4 Å². The Kier molecular flexibility index (Phi) is 12.7. The predicted molar refractivity (Wildman–Crippen MR) is 164 cm³/mol. The van der Waals surface area contributed by atoms with Gasteiger partial charge in [-0.1, -0.05) is 30.3 Å².